The number of hydrogen-bond acceptors (Lipinski definition) is 6. The zero-order chi connectivity index (χ0) is 23.9. The molecule has 0 heterocycles. The number of rotatable bonds is 12. The van der Waals surface area contributed by atoms with Gasteiger partial charge in [0.25, 0.3) is 0 Å². The molecule has 176 valence electrons. The number of carbonyl (C=O) groups is 1. The summed E-state index contributed by atoms with van der Waals surface area (Å²) in [4.78, 5) is 12.3. The van der Waals surface area contributed by atoms with Crippen molar-refractivity contribution in [2.75, 3.05) is 14.2 Å². The van der Waals surface area contributed by atoms with E-state index in [1.807, 2.05) is 19.1 Å². The van der Waals surface area contributed by atoms with Gasteiger partial charge in [-0.2, -0.15) is 0 Å². The zero-order valence-corrected chi connectivity index (χ0v) is 23.8. The highest BCUT2D eigenvalue weighted by atomic mass is 28.5. The summed E-state index contributed by atoms with van der Waals surface area (Å²) in [6, 6.07) is 6.27. The molecule has 0 spiro atoms. The summed E-state index contributed by atoms with van der Waals surface area (Å²) in [5.41, 5.74) is 0.828. The van der Waals surface area contributed by atoms with Crippen LogP contribution in [0.2, 0.25) is 51.9 Å². The van der Waals surface area contributed by atoms with Crippen LogP contribution in [0.15, 0.2) is 24.3 Å². The van der Waals surface area contributed by atoms with Crippen molar-refractivity contribution in [1.29, 1.82) is 0 Å². The molecule has 6 nitrogen and oxygen atoms in total. The summed E-state index contributed by atoms with van der Waals surface area (Å²) in [5.74, 6) is 0.882. The lowest BCUT2D eigenvalue weighted by molar-refractivity contribution is -0.142. The van der Waals surface area contributed by atoms with E-state index in [1.165, 1.54) is 6.08 Å². The molecule has 0 aromatic heterocycles. The van der Waals surface area contributed by atoms with Gasteiger partial charge in [-0.15, -0.1) is 0 Å². The second-order valence-electron chi connectivity index (χ2n) is 9.80. The highest BCUT2D eigenvalue weighted by molar-refractivity contribution is 6.87. The van der Waals surface area contributed by atoms with E-state index in [0.717, 1.165) is 11.6 Å². The quantitative estimate of drug-likeness (QED) is 0.212. The Hall–Kier alpha value is -1.40. The van der Waals surface area contributed by atoms with E-state index in [-0.39, 0.29) is 12.1 Å². The molecule has 0 aliphatic carbocycles. The average molecular weight is 485 g/mol. The molecule has 0 fully saturated rings. The maximum atomic E-state index is 12.3. The van der Waals surface area contributed by atoms with E-state index in [1.54, 1.807) is 26.4 Å². The largest absolute Gasteiger partial charge is 0.493 e. The molecule has 0 radical (unpaired) electrons. The molecule has 0 amide bonds. The Morgan fingerprint density at radius 1 is 0.935 bits per heavy atom. The number of esters is 1. The van der Waals surface area contributed by atoms with Crippen molar-refractivity contribution in [2.45, 2.75) is 71.3 Å². The van der Waals surface area contributed by atoms with Gasteiger partial charge in [0, 0.05) is 6.08 Å². The zero-order valence-electron chi connectivity index (χ0n) is 20.8. The number of benzene rings is 1. The molecule has 0 saturated heterocycles. The molecule has 0 saturated carbocycles. The first-order valence-corrected chi connectivity index (χ1v) is 20.0. The van der Waals surface area contributed by atoms with Crippen molar-refractivity contribution in [2.24, 2.45) is 0 Å². The minimum Gasteiger partial charge on any atom is -0.493 e. The highest BCUT2D eigenvalue weighted by Crippen LogP contribution is 2.28. The molecule has 0 aliphatic rings. The van der Waals surface area contributed by atoms with E-state index in [2.05, 4.69) is 45.8 Å². The predicted octanol–water partition coefficient (Wildman–Crippen LogP) is 5.81. The van der Waals surface area contributed by atoms with Crippen molar-refractivity contribution in [3.63, 3.8) is 0 Å². The molecule has 0 bridgehead atoms. The van der Waals surface area contributed by atoms with E-state index < -0.39 is 25.2 Å². The van der Waals surface area contributed by atoms with Gasteiger partial charge in [-0.1, -0.05) is 6.07 Å². The Morgan fingerprint density at radius 3 is 1.97 bits per heavy atom. The Morgan fingerprint density at radius 2 is 1.48 bits per heavy atom. The average Bonchev–Trinajstić information content (AvgIpc) is 2.61. The SMILES string of the molecule is COc1ccc(C=CC(=O)OC(C)CC[Si](C)(O[Si](C)(C)C)O[Si](C)(C)C)cc1OC. The number of ether oxygens (including phenoxy) is 3. The van der Waals surface area contributed by atoms with E-state index >= 15 is 0 Å². The Balaban J connectivity index is 2.70. The van der Waals surface area contributed by atoms with Crippen LogP contribution in [-0.2, 0) is 17.8 Å². The monoisotopic (exact) mass is 484 g/mol. The van der Waals surface area contributed by atoms with E-state index in [9.17, 15) is 4.79 Å². The lowest BCUT2D eigenvalue weighted by Crippen LogP contribution is -2.52. The maximum Gasteiger partial charge on any atom is 0.331 e. The first-order valence-electron chi connectivity index (χ1n) is 10.7. The second-order valence-corrected chi connectivity index (χ2v) is 22.6. The van der Waals surface area contributed by atoms with Crippen molar-refractivity contribution >= 4 is 37.2 Å². The summed E-state index contributed by atoms with van der Waals surface area (Å²) >= 11 is 0. The van der Waals surface area contributed by atoms with Crippen molar-refractivity contribution in [3.05, 3.63) is 29.8 Å². The van der Waals surface area contributed by atoms with Gasteiger partial charge in [0.05, 0.1) is 20.3 Å². The third kappa shape index (κ3) is 11.2. The predicted molar refractivity (Wildman–Crippen MR) is 134 cm³/mol. The van der Waals surface area contributed by atoms with E-state index in [0.29, 0.717) is 17.9 Å². The number of hydrogen-bond donors (Lipinski definition) is 0. The van der Waals surface area contributed by atoms with E-state index in [4.69, 9.17) is 22.4 Å². The Kier molecular flexibility index (Phi) is 10.2. The molecule has 1 aromatic rings. The van der Waals surface area contributed by atoms with Crippen LogP contribution >= 0.6 is 0 Å². The molecule has 0 aliphatic heterocycles. The van der Waals surface area contributed by atoms with Crippen LogP contribution < -0.4 is 9.47 Å². The normalized spacial score (nSPS) is 13.9. The first-order chi connectivity index (χ1) is 14.2. The molecule has 31 heavy (non-hydrogen) atoms. The van der Waals surface area contributed by atoms with Crippen LogP contribution in [-0.4, -0.2) is 51.5 Å². The molecule has 1 aromatic carbocycles. The smallest absolute Gasteiger partial charge is 0.331 e. The standard InChI is InChI=1S/C22H40O6Si3/c1-18(15-16-31(10,27-29(4,5)6)28-30(7,8)9)26-22(23)14-12-19-11-13-20(24-2)21(17-19)25-3/h11-14,17-18H,15-16H2,1-10H3. The third-order valence-electron chi connectivity index (χ3n) is 4.19. The number of methoxy groups -OCH3 is 2. The van der Waals surface area contributed by atoms with Crippen LogP contribution in [0.5, 0.6) is 11.5 Å². The highest BCUT2D eigenvalue weighted by Gasteiger charge is 2.40. The summed E-state index contributed by atoms with van der Waals surface area (Å²) < 4.78 is 29.1. The van der Waals surface area contributed by atoms with Gasteiger partial charge < -0.3 is 22.4 Å². The lowest BCUT2D eigenvalue weighted by atomic mass is 10.2. The third-order valence-corrected chi connectivity index (χ3v) is 13.7. The van der Waals surface area contributed by atoms with Gasteiger partial charge in [0.1, 0.15) is 0 Å². The molecule has 9 heteroatoms. The van der Waals surface area contributed by atoms with Gasteiger partial charge in [0.15, 0.2) is 28.1 Å². The fraction of sp³-hybridized carbons (Fsp3) is 0.591. The van der Waals surface area contributed by atoms with Gasteiger partial charge in [-0.25, -0.2) is 4.79 Å². The molecule has 1 atom stereocenters. The maximum absolute atomic E-state index is 12.3. The van der Waals surface area contributed by atoms with Crippen LogP contribution in [0.1, 0.15) is 18.9 Å². The summed E-state index contributed by atoms with van der Waals surface area (Å²) in [7, 11) is -2.65. The topological polar surface area (TPSA) is 63.2 Å². The van der Waals surface area contributed by atoms with Crippen LogP contribution in [0, 0.1) is 0 Å². The molecule has 0 N–H and O–H groups in total. The number of carbonyl (C=O) groups excluding carboxylic acids is 1. The Bertz CT molecular complexity index is 737. The first kappa shape index (κ1) is 27.6. The summed E-state index contributed by atoms with van der Waals surface area (Å²) in [5, 5.41) is 0. The lowest BCUT2D eigenvalue weighted by Gasteiger charge is -2.39. The van der Waals surface area contributed by atoms with Crippen molar-refractivity contribution < 1.29 is 27.2 Å². The van der Waals surface area contributed by atoms with Crippen LogP contribution in [0.25, 0.3) is 6.08 Å². The van der Waals surface area contributed by atoms with Crippen molar-refractivity contribution in [1.82, 2.24) is 0 Å². The van der Waals surface area contributed by atoms with Gasteiger partial charge in [-0.05, 0) is 89.0 Å². The fourth-order valence-electron chi connectivity index (χ4n) is 3.30. The van der Waals surface area contributed by atoms with Gasteiger partial charge in [-0.3, -0.25) is 0 Å². The Labute approximate surface area is 191 Å². The fourth-order valence-corrected chi connectivity index (χ4v) is 16.0. The van der Waals surface area contributed by atoms with Gasteiger partial charge in [0.2, 0.25) is 0 Å². The van der Waals surface area contributed by atoms with Crippen LogP contribution in [0.4, 0.5) is 0 Å². The summed E-state index contributed by atoms with van der Waals surface area (Å²) in [6.45, 7) is 17.2. The minimum atomic E-state index is -2.34. The molecular formula is C22H40O6Si3. The summed E-state index contributed by atoms with van der Waals surface area (Å²) in [6.07, 6.45) is 3.64. The second kappa shape index (κ2) is 11.5. The van der Waals surface area contributed by atoms with Gasteiger partial charge >= 0.3 is 14.5 Å². The van der Waals surface area contributed by atoms with Crippen molar-refractivity contribution in [3.8, 4) is 11.5 Å². The van der Waals surface area contributed by atoms with Crippen LogP contribution in [0.3, 0.4) is 0 Å². The molecule has 1 rings (SSSR count). The molecular weight excluding hydrogens is 444 g/mol. The minimum absolute atomic E-state index is 0.218. The molecule has 1 unspecified atom stereocenters.